The number of Topliss-reactive ketones (excluding diaryl/α,β-unsaturated/α-hetero) is 1. The number of ketones is 1. The van der Waals surface area contributed by atoms with Gasteiger partial charge in [0.2, 0.25) is 0 Å². The van der Waals surface area contributed by atoms with Crippen molar-refractivity contribution in [1.82, 2.24) is 0 Å². The molecule has 0 spiro atoms. The third kappa shape index (κ3) is 4.99. The smallest absolute Gasteiger partial charge is 0.174 e. The van der Waals surface area contributed by atoms with Crippen LogP contribution in [-0.4, -0.2) is 43.2 Å². The number of hydrogen-bond donors (Lipinski definition) is 6. The van der Waals surface area contributed by atoms with Gasteiger partial charge in [0.05, 0.1) is 12.5 Å². The number of aliphatic hydroxyl groups is 1. The fourth-order valence-electron chi connectivity index (χ4n) is 2.48. The zero-order chi connectivity index (χ0) is 20.1. The van der Waals surface area contributed by atoms with E-state index >= 15 is 0 Å². The number of carbonyl (C=O) groups is 1. The molecule has 0 radical (unpaired) electrons. The highest BCUT2D eigenvalue weighted by Crippen LogP contribution is 2.42. The first-order chi connectivity index (χ1) is 12.8. The molecule has 1 heterocycles. The van der Waals surface area contributed by atoms with Gasteiger partial charge in [0.15, 0.2) is 17.3 Å². The Labute approximate surface area is 161 Å². The molecule has 1 aliphatic rings. The molecule has 0 fully saturated rings. The van der Waals surface area contributed by atoms with Crippen LogP contribution in [0.25, 0.3) is 0 Å². The number of benzene rings is 2. The molecule has 2 aromatic carbocycles. The van der Waals surface area contributed by atoms with E-state index in [0.29, 0.717) is 11.3 Å². The summed E-state index contributed by atoms with van der Waals surface area (Å²) in [6.07, 6.45) is -0.0787. The van der Waals surface area contributed by atoms with E-state index < -0.39 is 6.10 Å². The lowest BCUT2D eigenvalue weighted by molar-refractivity contribution is 0.0844. The third-order valence-corrected chi connectivity index (χ3v) is 4.46. The maximum atomic E-state index is 12.1. The van der Waals surface area contributed by atoms with Crippen LogP contribution in [0, 0.1) is 0 Å². The van der Waals surface area contributed by atoms with Gasteiger partial charge in [-0.1, -0.05) is 13.0 Å². The van der Waals surface area contributed by atoms with Crippen LogP contribution in [0.3, 0.4) is 0 Å². The summed E-state index contributed by atoms with van der Waals surface area (Å²) in [5, 5.41) is 46.6. The van der Waals surface area contributed by atoms with Gasteiger partial charge in [0.1, 0.15) is 28.9 Å². The molecule has 0 amide bonds. The Hall–Kier alpha value is -2.58. The minimum absolute atomic E-state index is 0.0183. The predicted molar refractivity (Wildman–Crippen MR) is 102 cm³/mol. The van der Waals surface area contributed by atoms with Crippen molar-refractivity contribution >= 4 is 18.4 Å². The van der Waals surface area contributed by atoms with Gasteiger partial charge in [0.25, 0.3) is 0 Å². The molecule has 146 valence electrons. The van der Waals surface area contributed by atoms with E-state index in [1.165, 1.54) is 24.3 Å². The Morgan fingerprint density at radius 1 is 1.11 bits per heavy atom. The molecular weight excluding hydrogens is 372 g/mol. The van der Waals surface area contributed by atoms with Crippen molar-refractivity contribution in [2.24, 2.45) is 0 Å². The topological polar surface area (TPSA) is 127 Å². The number of aliphatic hydroxyl groups excluding tert-OH is 1. The average Bonchev–Trinajstić information content (AvgIpc) is 2.62. The summed E-state index contributed by atoms with van der Waals surface area (Å²) in [7, 11) is 0. The predicted octanol–water partition coefficient (Wildman–Crippen LogP) is 2.90. The van der Waals surface area contributed by atoms with Crippen LogP contribution in [0.4, 0.5) is 0 Å². The highest BCUT2D eigenvalue weighted by molar-refractivity contribution is 7.80. The van der Waals surface area contributed by atoms with Crippen molar-refractivity contribution in [1.29, 1.82) is 0 Å². The highest BCUT2D eigenvalue weighted by Gasteiger charge is 2.31. The lowest BCUT2D eigenvalue weighted by Crippen LogP contribution is -2.20. The van der Waals surface area contributed by atoms with E-state index in [0.717, 1.165) is 12.5 Å². The average molecular weight is 394 g/mol. The SMILES string of the molecule is CCC(O)CS.O=C1CC(c2ccc(O)c(O)c2)Oc2cc(O)cc(O)c21. The Bertz CT molecular complexity index is 818. The van der Waals surface area contributed by atoms with Gasteiger partial charge in [-0.15, -0.1) is 0 Å². The molecular formula is C19H22O7S. The number of fused-ring (bicyclic) bond motifs is 1. The van der Waals surface area contributed by atoms with Crippen LogP contribution in [-0.2, 0) is 0 Å². The maximum absolute atomic E-state index is 12.1. The first kappa shape index (κ1) is 20.7. The normalized spacial score (nSPS) is 16.6. The second-order valence-electron chi connectivity index (χ2n) is 6.06. The van der Waals surface area contributed by atoms with Gasteiger partial charge in [0, 0.05) is 17.9 Å². The molecule has 1 aliphatic heterocycles. The molecule has 3 rings (SSSR count). The number of aromatic hydroxyl groups is 4. The van der Waals surface area contributed by atoms with Crippen LogP contribution in [0.2, 0.25) is 0 Å². The number of thiol groups is 1. The molecule has 0 saturated carbocycles. The fraction of sp³-hybridized carbons (Fsp3) is 0.316. The van der Waals surface area contributed by atoms with Crippen molar-refractivity contribution in [3.63, 3.8) is 0 Å². The summed E-state index contributed by atoms with van der Waals surface area (Å²) in [6, 6.07) is 6.46. The van der Waals surface area contributed by atoms with Gasteiger partial charge in [-0.2, -0.15) is 12.6 Å². The second-order valence-corrected chi connectivity index (χ2v) is 6.43. The van der Waals surface area contributed by atoms with Crippen molar-refractivity contribution in [3.05, 3.63) is 41.5 Å². The maximum Gasteiger partial charge on any atom is 0.174 e. The van der Waals surface area contributed by atoms with E-state index in [9.17, 15) is 25.2 Å². The van der Waals surface area contributed by atoms with Crippen molar-refractivity contribution in [3.8, 4) is 28.7 Å². The molecule has 0 saturated heterocycles. The zero-order valence-corrected chi connectivity index (χ0v) is 15.6. The Balaban J connectivity index is 0.000000380. The van der Waals surface area contributed by atoms with Gasteiger partial charge in [-0.25, -0.2) is 0 Å². The largest absolute Gasteiger partial charge is 0.508 e. The van der Waals surface area contributed by atoms with E-state index in [1.54, 1.807) is 0 Å². The number of phenols is 4. The first-order valence-electron chi connectivity index (χ1n) is 8.33. The summed E-state index contributed by atoms with van der Waals surface area (Å²) in [5.74, 6) is -0.788. The zero-order valence-electron chi connectivity index (χ0n) is 14.7. The number of phenolic OH excluding ortho intramolecular Hbond substituents is 4. The molecule has 2 atom stereocenters. The molecule has 7 nitrogen and oxygen atoms in total. The Morgan fingerprint density at radius 2 is 1.81 bits per heavy atom. The Kier molecular flexibility index (Phi) is 6.81. The fourth-order valence-corrected chi connectivity index (χ4v) is 2.74. The quantitative estimate of drug-likeness (QED) is 0.349. The number of ether oxygens (including phenoxy) is 1. The lowest BCUT2D eigenvalue weighted by Gasteiger charge is -2.26. The summed E-state index contributed by atoms with van der Waals surface area (Å²) in [4.78, 5) is 12.1. The third-order valence-electron chi connectivity index (χ3n) is 4.04. The van der Waals surface area contributed by atoms with E-state index in [2.05, 4.69) is 12.6 Å². The standard InChI is InChI=1S/C15H12O6.C4H10OS/c16-8-4-11(19)15-12(20)6-13(21-14(15)5-8)7-1-2-9(17)10(18)3-7;1-2-4(5)3-6/h1-5,13,16-19H,6H2;4-6H,2-3H2,1H3. The van der Waals surface area contributed by atoms with Crippen LogP contribution >= 0.6 is 12.6 Å². The van der Waals surface area contributed by atoms with Gasteiger partial charge in [-0.3, -0.25) is 4.79 Å². The molecule has 8 heteroatoms. The van der Waals surface area contributed by atoms with E-state index in [1.807, 2.05) is 6.92 Å². The van der Waals surface area contributed by atoms with Gasteiger partial charge >= 0.3 is 0 Å². The van der Waals surface area contributed by atoms with Crippen LogP contribution in [0.15, 0.2) is 30.3 Å². The number of hydrogen-bond acceptors (Lipinski definition) is 8. The molecule has 0 aromatic heterocycles. The molecule has 0 bridgehead atoms. The van der Waals surface area contributed by atoms with Crippen LogP contribution in [0.5, 0.6) is 28.7 Å². The number of carbonyl (C=O) groups excluding carboxylic acids is 1. The Morgan fingerprint density at radius 3 is 2.37 bits per heavy atom. The molecule has 5 N–H and O–H groups in total. The first-order valence-corrected chi connectivity index (χ1v) is 8.96. The molecule has 2 aromatic rings. The minimum atomic E-state index is -0.669. The highest BCUT2D eigenvalue weighted by atomic mass is 32.1. The van der Waals surface area contributed by atoms with E-state index in [4.69, 9.17) is 9.84 Å². The summed E-state index contributed by atoms with van der Waals surface area (Å²) >= 11 is 3.85. The number of rotatable bonds is 3. The van der Waals surface area contributed by atoms with Crippen molar-refractivity contribution in [2.75, 3.05) is 5.75 Å². The second kappa shape index (κ2) is 8.88. The summed E-state index contributed by atoms with van der Waals surface area (Å²) in [5.41, 5.74) is 0.541. The summed E-state index contributed by atoms with van der Waals surface area (Å²) in [6.45, 7) is 1.93. The van der Waals surface area contributed by atoms with Crippen LogP contribution < -0.4 is 4.74 Å². The van der Waals surface area contributed by atoms with Crippen LogP contribution in [0.1, 0.15) is 41.8 Å². The van der Waals surface area contributed by atoms with Gasteiger partial charge in [-0.05, 0) is 24.1 Å². The summed E-state index contributed by atoms with van der Waals surface area (Å²) < 4.78 is 5.61. The van der Waals surface area contributed by atoms with Crippen molar-refractivity contribution in [2.45, 2.75) is 32.0 Å². The molecule has 2 unspecified atom stereocenters. The molecule has 0 aliphatic carbocycles. The van der Waals surface area contributed by atoms with E-state index in [-0.39, 0.29) is 52.6 Å². The molecule has 27 heavy (non-hydrogen) atoms. The lowest BCUT2D eigenvalue weighted by atomic mass is 9.95. The minimum Gasteiger partial charge on any atom is -0.508 e. The van der Waals surface area contributed by atoms with Crippen molar-refractivity contribution < 1.29 is 35.1 Å². The van der Waals surface area contributed by atoms with Gasteiger partial charge < -0.3 is 30.3 Å². The monoisotopic (exact) mass is 394 g/mol.